The van der Waals surface area contributed by atoms with E-state index in [1.165, 1.54) is 50.1 Å². The number of nitrogens with zero attached hydrogens (tertiary/aromatic N) is 1. The molecule has 5 nitrogen and oxygen atoms in total. The van der Waals surface area contributed by atoms with Crippen molar-refractivity contribution in [3.8, 4) is 0 Å². The average molecular weight is 397 g/mol. The number of hydrogen-bond donors (Lipinski definition) is 1. The highest BCUT2D eigenvalue weighted by Crippen LogP contribution is 2.28. The lowest BCUT2D eigenvalue weighted by Gasteiger charge is -2.14. The van der Waals surface area contributed by atoms with Gasteiger partial charge in [-0.25, -0.2) is 17.1 Å². The summed E-state index contributed by atoms with van der Waals surface area (Å²) in [6, 6.07) is 12.3. The van der Waals surface area contributed by atoms with Crippen LogP contribution in [-0.2, 0) is 14.8 Å². The van der Waals surface area contributed by atoms with E-state index in [2.05, 4.69) is 5.32 Å². The fourth-order valence-corrected chi connectivity index (χ4v) is 3.94. The van der Waals surface area contributed by atoms with Gasteiger partial charge in [-0.15, -0.1) is 11.8 Å². The Morgan fingerprint density at radius 2 is 1.85 bits per heavy atom. The van der Waals surface area contributed by atoms with Crippen LogP contribution in [0.3, 0.4) is 0 Å². The summed E-state index contributed by atoms with van der Waals surface area (Å²) < 4.78 is 38.4. The molecular formula is C18H21FN2O3S2. The molecule has 0 bridgehead atoms. The molecule has 1 unspecified atom stereocenters. The summed E-state index contributed by atoms with van der Waals surface area (Å²) >= 11 is 1.42. The Bertz CT molecular complexity index is 868. The fraction of sp³-hybridized carbons (Fsp3) is 0.278. The van der Waals surface area contributed by atoms with Crippen LogP contribution in [0.4, 0.5) is 10.1 Å². The number of halogens is 1. The van der Waals surface area contributed by atoms with Crippen LogP contribution in [0.15, 0.2) is 53.4 Å². The number of benzene rings is 2. The van der Waals surface area contributed by atoms with Crippen molar-refractivity contribution in [3.05, 3.63) is 59.9 Å². The maximum atomic E-state index is 13.0. The molecule has 140 valence electrons. The van der Waals surface area contributed by atoms with Gasteiger partial charge in [-0.3, -0.25) is 4.79 Å². The van der Waals surface area contributed by atoms with Gasteiger partial charge in [0.15, 0.2) is 0 Å². The predicted molar refractivity (Wildman–Crippen MR) is 103 cm³/mol. The number of hydrogen-bond acceptors (Lipinski definition) is 4. The first-order valence-corrected chi connectivity index (χ1v) is 10.4. The van der Waals surface area contributed by atoms with Crippen LogP contribution in [0.1, 0.15) is 17.7 Å². The summed E-state index contributed by atoms with van der Waals surface area (Å²) in [4.78, 5) is 12.3. The van der Waals surface area contributed by atoms with Gasteiger partial charge in [-0.05, 0) is 42.8 Å². The molecule has 0 fully saturated rings. The van der Waals surface area contributed by atoms with Crippen LogP contribution in [0.25, 0.3) is 0 Å². The Morgan fingerprint density at radius 1 is 1.19 bits per heavy atom. The van der Waals surface area contributed by atoms with E-state index in [1.807, 2.05) is 6.92 Å². The first kappa shape index (κ1) is 20.4. The Balaban J connectivity index is 1.97. The molecule has 0 radical (unpaired) electrons. The molecule has 0 aliphatic carbocycles. The van der Waals surface area contributed by atoms with Crippen LogP contribution >= 0.6 is 11.8 Å². The van der Waals surface area contributed by atoms with E-state index in [0.717, 1.165) is 9.87 Å². The highest BCUT2D eigenvalue weighted by molar-refractivity contribution is 8.00. The number of thioether (sulfide) groups is 1. The van der Waals surface area contributed by atoms with Crippen molar-refractivity contribution in [2.75, 3.05) is 25.2 Å². The molecule has 2 rings (SSSR count). The smallest absolute Gasteiger partial charge is 0.242 e. The zero-order valence-corrected chi connectivity index (χ0v) is 16.4. The predicted octanol–water partition coefficient (Wildman–Crippen LogP) is 3.51. The van der Waals surface area contributed by atoms with Crippen LogP contribution in [0.2, 0.25) is 0 Å². The molecule has 1 amide bonds. The van der Waals surface area contributed by atoms with Crippen LogP contribution in [0.5, 0.6) is 0 Å². The van der Waals surface area contributed by atoms with E-state index >= 15 is 0 Å². The molecule has 0 spiro atoms. The Morgan fingerprint density at radius 3 is 2.46 bits per heavy atom. The zero-order valence-electron chi connectivity index (χ0n) is 14.8. The molecular weight excluding hydrogens is 375 g/mol. The second kappa shape index (κ2) is 8.66. The third kappa shape index (κ3) is 5.30. The highest BCUT2D eigenvalue weighted by atomic mass is 32.2. The maximum absolute atomic E-state index is 13.0. The van der Waals surface area contributed by atoms with Crippen molar-refractivity contribution in [3.63, 3.8) is 0 Å². The Hall–Kier alpha value is -1.90. The molecule has 0 heterocycles. The minimum absolute atomic E-state index is 0.0294. The second-order valence-electron chi connectivity index (χ2n) is 5.87. The van der Waals surface area contributed by atoms with Crippen LogP contribution in [-0.4, -0.2) is 38.5 Å². The third-order valence-corrected chi connectivity index (χ3v) is 6.71. The Labute approximate surface area is 157 Å². The Kier molecular flexibility index (Phi) is 6.80. The van der Waals surface area contributed by atoms with Gasteiger partial charge in [0, 0.05) is 25.0 Å². The number of sulfonamides is 1. The SMILES string of the molecule is CC(SCC(=O)Nc1cccc(S(=O)(=O)N(C)C)c1)c1ccc(F)cc1. The molecule has 0 saturated carbocycles. The molecule has 1 N–H and O–H groups in total. The number of rotatable bonds is 7. The second-order valence-corrected chi connectivity index (χ2v) is 9.35. The number of anilines is 1. The summed E-state index contributed by atoms with van der Waals surface area (Å²) in [7, 11) is -0.649. The number of amides is 1. The van der Waals surface area contributed by atoms with Crippen molar-refractivity contribution < 1.29 is 17.6 Å². The van der Waals surface area contributed by atoms with Crippen molar-refractivity contribution in [1.29, 1.82) is 0 Å². The molecule has 0 saturated heterocycles. The van der Waals surface area contributed by atoms with Crippen LogP contribution < -0.4 is 5.32 Å². The third-order valence-electron chi connectivity index (χ3n) is 3.70. The molecule has 0 aromatic heterocycles. The van der Waals surface area contributed by atoms with Gasteiger partial charge in [0.05, 0.1) is 10.6 Å². The van der Waals surface area contributed by atoms with Gasteiger partial charge in [-0.2, -0.15) is 0 Å². The average Bonchev–Trinajstić information content (AvgIpc) is 2.60. The standard InChI is InChI=1S/C18H21FN2O3S2/c1-13(14-7-9-15(19)10-8-14)25-12-18(22)20-16-5-4-6-17(11-16)26(23,24)21(2)3/h4-11,13H,12H2,1-3H3,(H,20,22). The van der Waals surface area contributed by atoms with E-state index in [0.29, 0.717) is 5.69 Å². The van der Waals surface area contributed by atoms with Gasteiger partial charge in [0.1, 0.15) is 5.82 Å². The summed E-state index contributed by atoms with van der Waals surface area (Å²) in [6.45, 7) is 1.94. The fourth-order valence-electron chi connectivity index (χ4n) is 2.17. The first-order chi connectivity index (χ1) is 12.2. The van der Waals surface area contributed by atoms with Crippen molar-refractivity contribution >= 4 is 33.4 Å². The summed E-state index contributed by atoms with van der Waals surface area (Å²) in [5.74, 6) is -0.331. The van der Waals surface area contributed by atoms with E-state index < -0.39 is 10.0 Å². The molecule has 1 atom stereocenters. The first-order valence-electron chi connectivity index (χ1n) is 7.89. The van der Waals surface area contributed by atoms with Gasteiger partial charge < -0.3 is 5.32 Å². The maximum Gasteiger partial charge on any atom is 0.242 e. The lowest BCUT2D eigenvalue weighted by atomic mass is 10.2. The van der Waals surface area contributed by atoms with E-state index in [1.54, 1.807) is 24.3 Å². The topological polar surface area (TPSA) is 66.5 Å². The van der Waals surface area contributed by atoms with E-state index in [9.17, 15) is 17.6 Å². The molecule has 2 aromatic rings. The summed E-state index contributed by atoms with van der Waals surface area (Å²) in [6.07, 6.45) is 0. The number of carbonyl (C=O) groups is 1. The molecule has 26 heavy (non-hydrogen) atoms. The van der Waals surface area contributed by atoms with Gasteiger partial charge in [-0.1, -0.05) is 18.2 Å². The summed E-state index contributed by atoms with van der Waals surface area (Å²) in [5.41, 5.74) is 1.36. The summed E-state index contributed by atoms with van der Waals surface area (Å²) in [5, 5.41) is 2.74. The largest absolute Gasteiger partial charge is 0.325 e. The zero-order chi connectivity index (χ0) is 19.3. The lowest BCUT2D eigenvalue weighted by molar-refractivity contribution is -0.113. The molecule has 0 aliphatic heterocycles. The molecule has 8 heteroatoms. The monoisotopic (exact) mass is 396 g/mol. The number of carbonyl (C=O) groups excluding carboxylic acids is 1. The highest BCUT2D eigenvalue weighted by Gasteiger charge is 2.17. The normalized spacial score (nSPS) is 12.8. The van der Waals surface area contributed by atoms with Gasteiger partial charge >= 0.3 is 0 Å². The van der Waals surface area contributed by atoms with E-state index in [4.69, 9.17) is 0 Å². The molecule has 2 aromatic carbocycles. The molecule has 0 aliphatic rings. The van der Waals surface area contributed by atoms with Gasteiger partial charge in [0.25, 0.3) is 0 Å². The quantitative estimate of drug-likeness (QED) is 0.778. The van der Waals surface area contributed by atoms with Crippen molar-refractivity contribution in [2.24, 2.45) is 0 Å². The van der Waals surface area contributed by atoms with E-state index in [-0.39, 0.29) is 27.6 Å². The van der Waals surface area contributed by atoms with Crippen molar-refractivity contribution in [1.82, 2.24) is 4.31 Å². The van der Waals surface area contributed by atoms with Gasteiger partial charge in [0.2, 0.25) is 15.9 Å². The van der Waals surface area contributed by atoms with Crippen LogP contribution in [0, 0.1) is 5.82 Å². The lowest BCUT2D eigenvalue weighted by Crippen LogP contribution is -2.22. The number of nitrogens with one attached hydrogen (secondary N) is 1. The minimum atomic E-state index is -3.55. The minimum Gasteiger partial charge on any atom is -0.325 e. The van der Waals surface area contributed by atoms with Crippen molar-refractivity contribution in [2.45, 2.75) is 17.1 Å².